The molecule has 0 aliphatic carbocycles. The number of carbonyl (C=O) groups excluding carboxylic acids is 1. The molecule has 0 aliphatic rings. The van der Waals surface area contributed by atoms with E-state index in [0.29, 0.717) is 8.95 Å². The van der Waals surface area contributed by atoms with Crippen molar-refractivity contribution in [2.75, 3.05) is 0 Å². The predicted molar refractivity (Wildman–Crippen MR) is 80.2 cm³/mol. The van der Waals surface area contributed by atoms with Gasteiger partial charge in [-0.1, -0.05) is 15.9 Å². The van der Waals surface area contributed by atoms with E-state index in [4.69, 9.17) is 5.73 Å². The van der Waals surface area contributed by atoms with Crippen molar-refractivity contribution in [2.24, 2.45) is 5.73 Å². The Labute approximate surface area is 129 Å². The van der Waals surface area contributed by atoms with Crippen LogP contribution < -0.4 is 10.5 Å². The lowest BCUT2D eigenvalue weighted by Gasteiger charge is -2.14. The number of carbonyl (C=O) groups is 1. The third kappa shape index (κ3) is 4.55. The van der Waals surface area contributed by atoms with E-state index in [1.807, 2.05) is 6.92 Å². The molecule has 0 heterocycles. The summed E-state index contributed by atoms with van der Waals surface area (Å²) in [6, 6.07) is 2.66. The first-order valence-corrected chi connectivity index (χ1v) is 8.46. The van der Waals surface area contributed by atoms with E-state index in [1.54, 1.807) is 13.0 Å². The molecule has 106 valence electrons. The minimum Gasteiger partial charge on any atom is -0.370 e. The second kappa shape index (κ2) is 6.34. The van der Waals surface area contributed by atoms with E-state index in [-0.39, 0.29) is 11.3 Å². The molecule has 0 saturated heterocycles. The van der Waals surface area contributed by atoms with E-state index in [9.17, 15) is 13.2 Å². The van der Waals surface area contributed by atoms with Crippen LogP contribution in [0.4, 0.5) is 0 Å². The van der Waals surface area contributed by atoms with Gasteiger partial charge in [-0.15, -0.1) is 0 Å². The highest BCUT2D eigenvalue weighted by molar-refractivity contribution is 9.11. The van der Waals surface area contributed by atoms with Gasteiger partial charge >= 0.3 is 0 Å². The average Bonchev–Trinajstić information content (AvgIpc) is 2.20. The number of halogens is 2. The summed E-state index contributed by atoms with van der Waals surface area (Å²) in [5, 5.41) is 0. The quantitative estimate of drug-likeness (QED) is 0.774. The molecule has 1 atom stereocenters. The molecular weight excluding hydrogens is 400 g/mol. The number of amides is 1. The first kappa shape index (κ1) is 16.6. The number of aryl methyl sites for hydroxylation is 1. The largest absolute Gasteiger partial charge is 0.370 e. The van der Waals surface area contributed by atoms with Crippen molar-refractivity contribution in [3.8, 4) is 0 Å². The Morgan fingerprint density at radius 1 is 1.37 bits per heavy atom. The minimum atomic E-state index is -3.71. The summed E-state index contributed by atoms with van der Waals surface area (Å²) in [5.74, 6) is -0.556. The van der Waals surface area contributed by atoms with Gasteiger partial charge in [-0.05, 0) is 47.5 Å². The van der Waals surface area contributed by atoms with Crippen molar-refractivity contribution in [1.29, 1.82) is 0 Å². The Morgan fingerprint density at radius 3 is 2.47 bits per heavy atom. The van der Waals surface area contributed by atoms with Crippen LogP contribution in [-0.4, -0.2) is 20.4 Å². The second-order valence-electron chi connectivity index (χ2n) is 4.22. The molecule has 0 bridgehead atoms. The number of rotatable bonds is 5. The highest BCUT2D eigenvalue weighted by Gasteiger charge is 2.22. The first-order chi connectivity index (χ1) is 8.63. The Hall–Kier alpha value is -0.440. The lowest BCUT2D eigenvalue weighted by atomic mass is 10.2. The smallest absolute Gasteiger partial charge is 0.241 e. The van der Waals surface area contributed by atoms with E-state index in [0.717, 1.165) is 5.56 Å². The highest BCUT2D eigenvalue weighted by Crippen LogP contribution is 2.28. The van der Waals surface area contributed by atoms with Crippen molar-refractivity contribution < 1.29 is 13.2 Å². The van der Waals surface area contributed by atoms with Gasteiger partial charge in [-0.3, -0.25) is 4.79 Å². The normalized spacial score (nSPS) is 13.3. The lowest BCUT2D eigenvalue weighted by Crippen LogP contribution is -2.35. The number of benzene rings is 1. The molecule has 1 rings (SSSR count). The zero-order chi connectivity index (χ0) is 14.8. The first-order valence-electron chi connectivity index (χ1n) is 5.39. The van der Waals surface area contributed by atoms with Gasteiger partial charge in [0.25, 0.3) is 0 Å². The van der Waals surface area contributed by atoms with E-state index in [1.165, 1.54) is 6.07 Å². The molecule has 1 aromatic rings. The van der Waals surface area contributed by atoms with Crippen molar-refractivity contribution >= 4 is 47.8 Å². The van der Waals surface area contributed by atoms with Gasteiger partial charge in [0, 0.05) is 21.4 Å². The lowest BCUT2D eigenvalue weighted by molar-refractivity contribution is -0.118. The second-order valence-corrected chi connectivity index (χ2v) is 7.62. The molecule has 0 fully saturated rings. The molecule has 0 aliphatic heterocycles. The molecule has 0 spiro atoms. The number of hydrogen-bond donors (Lipinski definition) is 2. The van der Waals surface area contributed by atoms with Gasteiger partial charge in [-0.25, -0.2) is 13.1 Å². The van der Waals surface area contributed by atoms with Crippen LogP contribution in [0, 0.1) is 6.92 Å². The molecule has 19 heavy (non-hydrogen) atoms. The van der Waals surface area contributed by atoms with Crippen molar-refractivity contribution in [3.05, 3.63) is 26.6 Å². The van der Waals surface area contributed by atoms with Crippen LogP contribution in [0.2, 0.25) is 0 Å². The Kier molecular flexibility index (Phi) is 5.54. The minimum absolute atomic E-state index is 0.0517. The summed E-state index contributed by atoms with van der Waals surface area (Å²) in [4.78, 5) is 10.9. The topological polar surface area (TPSA) is 89.3 Å². The molecule has 3 N–H and O–H groups in total. The standard InChI is InChI=1S/C11H14Br2N2O3S/c1-6-3-9(13)10(5-8(6)12)19(17,18)15-7(2)4-11(14)16/h3,5,7,15H,4H2,1-2H3,(H2,14,16). The number of primary amides is 1. The maximum absolute atomic E-state index is 12.2. The SMILES string of the molecule is Cc1cc(Br)c(S(=O)(=O)NC(C)CC(N)=O)cc1Br. The number of nitrogens with two attached hydrogens (primary N) is 1. The fourth-order valence-corrected chi connectivity index (χ4v) is 4.43. The van der Waals surface area contributed by atoms with Crippen LogP contribution in [0.1, 0.15) is 18.9 Å². The maximum atomic E-state index is 12.2. The molecule has 0 aromatic heterocycles. The van der Waals surface area contributed by atoms with Crippen LogP contribution in [0.3, 0.4) is 0 Å². The summed E-state index contributed by atoms with van der Waals surface area (Å²) in [6.45, 7) is 3.44. The zero-order valence-electron chi connectivity index (χ0n) is 10.4. The Balaban J connectivity index is 3.07. The molecule has 0 saturated carbocycles. The van der Waals surface area contributed by atoms with Crippen molar-refractivity contribution in [1.82, 2.24) is 4.72 Å². The summed E-state index contributed by atoms with van der Waals surface area (Å²) in [5.41, 5.74) is 5.95. The van der Waals surface area contributed by atoms with Crippen LogP contribution in [0.25, 0.3) is 0 Å². The summed E-state index contributed by atoms with van der Waals surface area (Å²) in [6.07, 6.45) is -0.0517. The fourth-order valence-electron chi connectivity index (χ4n) is 1.51. The van der Waals surface area contributed by atoms with Crippen molar-refractivity contribution in [3.63, 3.8) is 0 Å². The highest BCUT2D eigenvalue weighted by atomic mass is 79.9. The van der Waals surface area contributed by atoms with Gasteiger partial charge in [0.1, 0.15) is 0 Å². The molecule has 0 radical (unpaired) electrons. The average molecular weight is 414 g/mol. The number of sulfonamides is 1. The van der Waals surface area contributed by atoms with E-state index in [2.05, 4.69) is 36.6 Å². The van der Waals surface area contributed by atoms with Crippen molar-refractivity contribution in [2.45, 2.75) is 31.2 Å². The van der Waals surface area contributed by atoms with E-state index >= 15 is 0 Å². The summed E-state index contributed by atoms with van der Waals surface area (Å²) in [7, 11) is -3.71. The third-order valence-electron chi connectivity index (χ3n) is 2.37. The molecule has 5 nitrogen and oxygen atoms in total. The van der Waals surface area contributed by atoms with Gasteiger partial charge in [-0.2, -0.15) is 0 Å². The van der Waals surface area contributed by atoms with Crippen LogP contribution in [-0.2, 0) is 14.8 Å². The van der Waals surface area contributed by atoms with Crippen LogP contribution in [0.5, 0.6) is 0 Å². The summed E-state index contributed by atoms with van der Waals surface area (Å²) >= 11 is 6.52. The number of hydrogen-bond acceptors (Lipinski definition) is 3. The zero-order valence-corrected chi connectivity index (χ0v) is 14.4. The molecular formula is C11H14Br2N2O3S. The van der Waals surface area contributed by atoms with Crippen LogP contribution >= 0.6 is 31.9 Å². The number of nitrogens with one attached hydrogen (secondary N) is 1. The van der Waals surface area contributed by atoms with Gasteiger partial charge in [0.15, 0.2) is 0 Å². The Bertz CT molecular complexity index is 602. The Morgan fingerprint density at radius 2 is 1.95 bits per heavy atom. The molecule has 1 unspecified atom stereocenters. The molecule has 8 heteroatoms. The molecule has 1 amide bonds. The predicted octanol–water partition coefficient (Wildman–Crippen LogP) is 2.06. The van der Waals surface area contributed by atoms with E-state index < -0.39 is 22.0 Å². The fraction of sp³-hybridized carbons (Fsp3) is 0.364. The maximum Gasteiger partial charge on any atom is 0.241 e. The van der Waals surface area contributed by atoms with Gasteiger partial charge in [0.2, 0.25) is 15.9 Å². The molecule has 1 aromatic carbocycles. The van der Waals surface area contributed by atoms with Gasteiger partial charge < -0.3 is 5.73 Å². The summed E-state index contributed by atoms with van der Waals surface area (Å²) < 4.78 is 28.0. The van der Waals surface area contributed by atoms with Gasteiger partial charge in [0.05, 0.1) is 4.90 Å². The third-order valence-corrected chi connectivity index (χ3v) is 5.77. The monoisotopic (exact) mass is 412 g/mol. The van der Waals surface area contributed by atoms with Crippen LogP contribution in [0.15, 0.2) is 26.0 Å².